The first-order valence-corrected chi connectivity index (χ1v) is 9.70. The number of halogens is 5. The van der Waals surface area contributed by atoms with E-state index in [1.54, 1.807) is 17.1 Å². The van der Waals surface area contributed by atoms with Crippen LogP contribution in [-0.4, -0.2) is 35.2 Å². The maximum atomic E-state index is 13.3. The highest BCUT2D eigenvalue weighted by Gasteiger charge is 2.32. The first kappa shape index (κ1) is 22.8. The SMILES string of the molecule is CCn1ncc(Cn2cc(NC(=O)C(C)n3nc(C(F)F)c(Cl)c3C(F)F)cn2)c1C. The molecule has 0 spiro atoms. The average Bonchev–Trinajstić information content (AvgIpc) is 3.39. The zero-order valence-electron chi connectivity index (χ0n) is 16.9. The van der Waals surface area contributed by atoms with E-state index in [2.05, 4.69) is 20.6 Å². The van der Waals surface area contributed by atoms with Crippen molar-refractivity contribution in [2.75, 3.05) is 5.32 Å². The number of nitrogens with zero attached hydrogens (tertiary/aromatic N) is 6. The molecule has 31 heavy (non-hydrogen) atoms. The number of aromatic nitrogens is 6. The molecule has 0 aliphatic carbocycles. The fourth-order valence-corrected chi connectivity index (χ4v) is 3.37. The number of alkyl halides is 4. The van der Waals surface area contributed by atoms with E-state index in [1.807, 2.05) is 18.5 Å². The second kappa shape index (κ2) is 9.08. The van der Waals surface area contributed by atoms with Crippen molar-refractivity contribution in [2.45, 2.75) is 52.8 Å². The van der Waals surface area contributed by atoms with E-state index < -0.39 is 41.2 Å². The molecule has 0 aliphatic rings. The summed E-state index contributed by atoms with van der Waals surface area (Å²) < 4.78 is 56.6. The van der Waals surface area contributed by atoms with Gasteiger partial charge in [0.05, 0.1) is 29.6 Å². The third-order valence-corrected chi connectivity index (χ3v) is 5.20. The summed E-state index contributed by atoms with van der Waals surface area (Å²) >= 11 is 5.64. The summed E-state index contributed by atoms with van der Waals surface area (Å²) in [5.41, 5.74) is 0.320. The lowest BCUT2D eigenvalue weighted by molar-refractivity contribution is -0.119. The standard InChI is InChI=1S/C18H20ClF4N7O/c1-4-29-9(2)11(5-25-29)7-28-8-12(6-24-28)26-18(31)10(3)30-15(17(22)23)13(19)14(27-30)16(20)21/h5-6,8,10,16-17H,4,7H2,1-3H3,(H,26,31). The molecule has 0 aliphatic heterocycles. The van der Waals surface area contributed by atoms with Crippen molar-refractivity contribution < 1.29 is 22.4 Å². The Morgan fingerprint density at radius 1 is 1.19 bits per heavy atom. The zero-order chi connectivity index (χ0) is 22.9. The quantitative estimate of drug-likeness (QED) is 0.505. The van der Waals surface area contributed by atoms with Crippen molar-refractivity contribution in [3.05, 3.63) is 46.3 Å². The Morgan fingerprint density at radius 3 is 2.48 bits per heavy atom. The predicted molar refractivity (Wildman–Crippen MR) is 104 cm³/mol. The lowest BCUT2D eigenvalue weighted by atomic mass is 10.2. The second-order valence-corrected chi connectivity index (χ2v) is 7.17. The van der Waals surface area contributed by atoms with Crippen LogP contribution in [0.3, 0.4) is 0 Å². The molecule has 0 saturated carbocycles. The highest BCUT2D eigenvalue weighted by molar-refractivity contribution is 6.32. The van der Waals surface area contributed by atoms with Gasteiger partial charge in [0, 0.05) is 24.0 Å². The van der Waals surface area contributed by atoms with Crippen LogP contribution in [0.2, 0.25) is 5.02 Å². The topological polar surface area (TPSA) is 82.6 Å². The molecular formula is C18H20ClF4N7O. The van der Waals surface area contributed by atoms with E-state index in [-0.39, 0.29) is 0 Å². The maximum absolute atomic E-state index is 13.3. The monoisotopic (exact) mass is 461 g/mol. The molecule has 3 aromatic rings. The molecule has 13 heteroatoms. The molecule has 0 fully saturated rings. The Morgan fingerprint density at radius 2 is 1.90 bits per heavy atom. The number of rotatable bonds is 8. The van der Waals surface area contributed by atoms with Crippen LogP contribution in [0.25, 0.3) is 0 Å². The van der Waals surface area contributed by atoms with Crippen LogP contribution in [-0.2, 0) is 17.9 Å². The molecule has 1 atom stereocenters. The first-order chi connectivity index (χ1) is 14.6. The highest BCUT2D eigenvalue weighted by atomic mass is 35.5. The minimum atomic E-state index is -3.18. The minimum absolute atomic E-state index is 0.309. The molecule has 3 aromatic heterocycles. The van der Waals surface area contributed by atoms with Gasteiger partial charge in [-0.15, -0.1) is 0 Å². The third kappa shape index (κ3) is 4.58. The van der Waals surface area contributed by atoms with Gasteiger partial charge in [-0.1, -0.05) is 11.6 Å². The van der Waals surface area contributed by atoms with E-state index in [0.29, 0.717) is 16.9 Å². The fraction of sp³-hybridized carbons (Fsp3) is 0.444. The number of hydrogen-bond donors (Lipinski definition) is 1. The number of hydrogen-bond acceptors (Lipinski definition) is 4. The Bertz CT molecular complexity index is 1080. The van der Waals surface area contributed by atoms with Crippen molar-refractivity contribution in [1.29, 1.82) is 0 Å². The van der Waals surface area contributed by atoms with E-state index in [9.17, 15) is 22.4 Å². The average molecular weight is 462 g/mol. The Labute approximate surface area is 179 Å². The van der Waals surface area contributed by atoms with Gasteiger partial charge in [-0.25, -0.2) is 22.2 Å². The summed E-state index contributed by atoms with van der Waals surface area (Å²) in [5.74, 6) is -0.739. The fourth-order valence-electron chi connectivity index (χ4n) is 3.08. The van der Waals surface area contributed by atoms with Crippen LogP contribution in [0.1, 0.15) is 55.4 Å². The summed E-state index contributed by atoms with van der Waals surface area (Å²) in [6.45, 7) is 6.31. The summed E-state index contributed by atoms with van der Waals surface area (Å²) in [6.07, 6.45) is -1.66. The summed E-state index contributed by atoms with van der Waals surface area (Å²) in [5, 5.41) is 13.5. The van der Waals surface area contributed by atoms with Gasteiger partial charge >= 0.3 is 0 Å². The van der Waals surface area contributed by atoms with Gasteiger partial charge in [-0.3, -0.25) is 14.2 Å². The highest BCUT2D eigenvalue weighted by Crippen LogP contribution is 2.36. The summed E-state index contributed by atoms with van der Waals surface area (Å²) in [7, 11) is 0. The van der Waals surface area contributed by atoms with Crippen molar-refractivity contribution in [3.63, 3.8) is 0 Å². The van der Waals surface area contributed by atoms with Crippen LogP contribution < -0.4 is 5.32 Å². The van der Waals surface area contributed by atoms with Gasteiger partial charge in [-0.05, 0) is 20.8 Å². The lowest BCUT2D eigenvalue weighted by Crippen LogP contribution is -2.26. The molecule has 0 saturated heterocycles. The van der Waals surface area contributed by atoms with Gasteiger partial charge in [0.2, 0.25) is 5.91 Å². The van der Waals surface area contributed by atoms with Gasteiger partial charge in [0.25, 0.3) is 12.9 Å². The molecule has 0 bridgehead atoms. The Kier molecular flexibility index (Phi) is 6.68. The first-order valence-electron chi connectivity index (χ1n) is 9.32. The van der Waals surface area contributed by atoms with Gasteiger partial charge in [0.1, 0.15) is 17.4 Å². The third-order valence-electron chi connectivity index (χ3n) is 4.81. The lowest BCUT2D eigenvalue weighted by Gasteiger charge is -2.15. The number of carbonyl (C=O) groups excluding carboxylic acids is 1. The van der Waals surface area contributed by atoms with Crippen LogP contribution in [0.5, 0.6) is 0 Å². The molecular weight excluding hydrogens is 442 g/mol. The molecule has 3 heterocycles. The van der Waals surface area contributed by atoms with E-state index in [0.717, 1.165) is 17.8 Å². The molecule has 8 nitrogen and oxygen atoms in total. The van der Waals surface area contributed by atoms with Crippen LogP contribution in [0, 0.1) is 6.92 Å². The van der Waals surface area contributed by atoms with Crippen LogP contribution >= 0.6 is 11.6 Å². The van der Waals surface area contributed by atoms with Gasteiger partial charge in [0.15, 0.2) is 0 Å². The Balaban J connectivity index is 1.75. The minimum Gasteiger partial charge on any atom is -0.322 e. The van der Waals surface area contributed by atoms with E-state index in [4.69, 9.17) is 11.6 Å². The number of aryl methyl sites for hydroxylation is 1. The molecule has 168 valence electrons. The number of anilines is 1. The number of carbonyl (C=O) groups is 1. The maximum Gasteiger partial charge on any atom is 0.283 e. The molecule has 1 amide bonds. The molecule has 3 rings (SSSR count). The largest absolute Gasteiger partial charge is 0.322 e. The van der Waals surface area contributed by atoms with Crippen LogP contribution in [0.15, 0.2) is 18.6 Å². The zero-order valence-corrected chi connectivity index (χ0v) is 17.6. The smallest absolute Gasteiger partial charge is 0.283 e. The molecule has 0 aromatic carbocycles. The normalized spacial score (nSPS) is 12.7. The number of nitrogens with one attached hydrogen (secondary N) is 1. The van der Waals surface area contributed by atoms with E-state index in [1.165, 1.54) is 13.1 Å². The van der Waals surface area contributed by atoms with Crippen molar-refractivity contribution in [3.8, 4) is 0 Å². The van der Waals surface area contributed by atoms with E-state index >= 15 is 0 Å². The van der Waals surface area contributed by atoms with Gasteiger partial charge in [-0.2, -0.15) is 15.3 Å². The summed E-state index contributed by atoms with van der Waals surface area (Å²) in [4.78, 5) is 12.5. The van der Waals surface area contributed by atoms with Crippen molar-refractivity contribution >= 4 is 23.2 Å². The molecule has 0 radical (unpaired) electrons. The number of amides is 1. The van der Waals surface area contributed by atoms with Gasteiger partial charge < -0.3 is 5.32 Å². The van der Waals surface area contributed by atoms with Crippen LogP contribution in [0.4, 0.5) is 23.2 Å². The Hall–Kier alpha value is -2.89. The second-order valence-electron chi connectivity index (χ2n) is 6.79. The summed E-state index contributed by atoms with van der Waals surface area (Å²) in [6, 6.07) is -1.32. The molecule has 1 N–H and O–H groups in total. The molecule has 1 unspecified atom stereocenters. The van der Waals surface area contributed by atoms with Crippen molar-refractivity contribution in [2.24, 2.45) is 0 Å². The van der Waals surface area contributed by atoms with Crippen molar-refractivity contribution in [1.82, 2.24) is 29.3 Å². The predicted octanol–water partition coefficient (Wildman–Crippen LogP) is 4.38.